The molecule has 0 heterocycles. The van der Waals surface area contributed by atoms with E-state index < -0.39 is 6.10 Å². The average molecular weight is 305 g/mol. The van der Waals surface area contributed by atoms with Gasteiger partial charge < -0.3 is 15.6 Å². The van der Waals surface area contributed by atoms with Gasteiger partial charge in [-0.15, -0.1) is 0 Å². The molecule has 0 aliphatic rings. The largest absolute Gasteiger partial charge is 0.488 e. The van der Waals surface area contributed by atoms with Gasteiger partial charge >= 0.3 is 0 Å². The minimum Gasteiger partial charge on any atom is -0.488 e. The van der Waals surface area contributed by atoms with Gasteiger partial charge in [0.2, 0.25) is 0 Å². The number of nitrogen functional groups attached to an aromatic ring is 1. The van der Waals surface area contributed by atoms with Crippen molar-refractivity contribution in [2.75, 3.05) is 12.3 Å². The zero-order chi connectivity index (χ0) is 16.1. The summed E-state index contributed by atoms with van der Waals surface area (Å²) in [5.41, 5.74) is 9.49. The van der Waals surface area contributed by atoms with E-state index in [1.807, 2.05) is 54.6 Å². The zero-order valence-electron chi connectivity index (χ0n) is 12.7. The lowest BCUT2D eigenvalue weighted by molar-refractivity contribution is 0.108. The van der Waals surface area contributed by atoms with Crippen molar-refractivity contribution in [3.05, 3.63) is 84.4 Å². The maximum absolute atomic E-state index is 10.3. The summed E-state index contributed by atoms with van der Waals surface area (Å²) >= 11 is 0. The minimum absolute atomic E-state index is 0.166. The van der Waals surface area contributed by atoms with Crippen molar-refractivity contribution in [3.8, 4) is 16.9 Å². The second-order valence-corrected chi connectivity index (χ2v) is 5.35. The van der Waals surface area contributed by atoms with Crippen LogP contribution in [0.1, 0.15) is 11.7 Å². The Morgan fingerprint density at radius 3 is 2.09 bits per heavy atom. The number of hydrogen-bond donors (Lipinski definition) is 2. The van der Waals surface area contributed by atoms with Crippen LogP contribution >= 0.6 is 0 Å². The van der Waals surface area contributed by atoms with E-state index in [2.05, 4.69) is 12.1 Å². The van der Waals surface area contributed by atoms with Crippen LogP contribution in [-0.2, 0) is 0 Å². The molecule has 0 aromatic heterocycles. The summed E-state index contributed by atoms with van der Waals surface area (Å²) in [6.07, 6.45) is -0.695. The molecule has 23 heavy (non-hydrogen) atoms. The highest BCUT2D eigenvalue weighted by molar-refractivity contribution is 5.63. The summed E-state index contributed by atoms with van der Waals surface area (Å²) in [4.78, 5) is 0. The first kappa shape index (κ1) is 15.1. The summed E-state index contributed by atoms with van der Waals surface area (Å²) < 4.78 is 5.59. The van der Waals surface area contributed by atoms with E-state index in [-0.39, 0.29) is 6.61 Å². The van der Waals surface area contributed by atoms with Crippen LogP contribution in [0.25, 0.3) is 11.1 Å². The Morgan fingerprint density at radius 2 is 1.39 bits per heavy atom. The highest BCUT2D eigenvalue weighted by atomic mass is 16.5. The van der Waals surface area contributed by atoms with E-state index in [0.717, 1.165) is 16.7 Å². The molecule has 3 aromatic carbocycles. The molecular weight excluding hydrogens is 286 g/mol. The normalized spacial score (nSPS) is 11.9. The molecule has 3 N–H and O–H groups in total. The first-order chi connectivity index (χ1) is 11.2. The van der Waals surface area contributed by atoms with Crippen LogP contribution in [0.4, 0.5) is 5.69 Å². The third-order valence-corrected chi connectivity index (χ3v) is 3.72. The third-order valence-electron chi connectivity index (χ3n) is 3.72. The standard InChI is InChI=1S/C20H19NO2/c21-18-8-4-5-9-20(18)23-14-19(22)17-12-10-16(11-13-17)15-6-2-1-3-7-15/h1-13,19,22H,14,21H2. The first-order valence-corrected chi connectivity index (χ1v) is 7.55. The molecule has 0 aliphatic heterocycles. The van der Waals surface area contributed by atoms with Crippen molar-refractivity contribution in [2.45, 2.75) is 6.10 Å². The molecule has 1 atom stereocenters. The molecule has 0 bridgehead atoms. The summed E-state index contributed by atoms with van der Waals surface area (Å²) in [7, 11) is 0. The number of hydrogen-bond acceptors (Lipinski definition) is 3. The molecule has 0 saturated heterocycles. The van der Waals surface area contributed by atoms with Crippen molar-refractivity contribution in [3.63, 3.8) is 0 Å². The summed E-state index contributed by atoms with van der Waals surface area (Å²) in [6.45, 7) is 0.166. The topological polar surface area (TPSA) is 55.5 Å². The van der Waals surface area contributed by atoms with Crippen LogP contribution < -0.4 is 10.5 Å². The maximum atomic E-state index is 10.3. The highest BCUT2D eigenvalue weighted by Crippen LogP contribution is 2.24. The van der Waals surface area contributed by atoms with Gasteiger partial charge in [0, 0.05) is 0 Å². The average Bonchev–Trinajstić information content (AvgIpc) is 2.62. The molecule has 3 rings (SSSR count). The fourth-order valence-corrected chi connectivity index (χ4v) is 2.41. The number of para-hydroxylation sites is 2. The molecule has 116 valence electrons. The minimum atomic E-state index is -0.695. The van der Waals surface area contributed by atoms with E-state index in [0.29, 0.717) is 11.4 Å². The smallest absolute Gasteiger partial charge is 0.142 e. The Bertz CT molecular complexity index is 754. The Morgan fingerprint density at radius 1 is 0.783 bits per heavy atom. The lowest BCUT2D eigenvalue weighted by atomic mass is 10.0. The van der Waals surface area contributed by atoms with Crippen molar-refractivity contribution >= 4 is 5.69 Å². The van der Waals surface area contributed by atoms with E-state index in [1.54, 1.807) is 12.1 Å². The van der Waals surface area contributed by atoms with Crippen molar-refractivity contribution in [1.82, 2.24) is 0 Å². The fourth-order valence-electron chi connectivity index (χ4n) is 2.41. The predicted octanol–water partition coefficient (Wildman–Crippen LogP) is 4.05. The van der Waals surface area contributed by atoms with Gasteiger partial charge in [-0.05, 0) is 28.8 Å². The Kier molecular flexibility index (Phi) is 4.60. The first-order valence-electron chi connectivity index (χ1n) is 7.55. The Labute approximate surface area is 136 Å². The molecule has 0 fully saturated rings. The molecule has 0 spiro atoms. The number of benzene rings is 3. The summed E-state index contributed by atoms with van der Waals surface area (Å²) in [6, 6.07) is 25.3. The molecule has 1 unspecified atom stereocenters. The maximum Gasteiger partial charge on any atom is 0.142 e. The lowest BCUT2D eigenvalue weighted by Gasteiger charge is -2.14. The molecule has 3 heteroatoms. The second-order valence-electron chi connectivity index (χ2n) is 5.35. The van der Waals surface area contributed by atoms with Gasteiger partial charge in [-0.3, -0.25) is 0 Å². The highest BCUT2D eigenvalue weighted by Gasteiger charge is 2.10. The summed E-state index contributed by atoms with van der Waals surface area (Å²) in [5, 5.41) is 10.3. The molecule has 0 aliphatic carbocycles. The lowest BCUT2D eigenvalue weighted by Crippen LogP contribution is -2.10. The zero-order valence-corrected chi connectivity index (χ0v) is 12.7. The number of rotatable bonds is 5. The molecule has 0 saturated carbocycles. The van der Waals surface area contributed by atoms with Gasteiger partial charge in [0.05, 0.1) is 5.69 Å². The van der Waals surface area contributed by atoms with Gasteiger partial charge in [-0.25, -0.2) is 0 Å². The van der Waals surface area contributed by atoms with Crippen LogP contribution in [0.15, 0.2) is 78.9 Å². The number of nitrogens with two attached hydrogens (primary N) is 1. The van der Waals surface area contributed by atoms with Crippen molar-refractivity contribution in [1.29, 1.82) is 0 Å². The van der Waals surface area contributed by atoms with E-state index >= 15 is 0 Å². The van der Waals surface area contributed by atoms with Crippen LogP contribution in [0, 0.1) is 0 Å². The number of anilines is 1. The molecule has 3 aromatic rings. The second kappa shape index (κ2) is 6.99. The molecular formula is C20H19NO2. The van der Waals surface area contributed by atoms with Crippen molar-refractivity contribution in [2.24, 2.45) is 0 Å². The summed E-state index contributed by atoms with van der Waals surface area (Å²) in [5.74, 6) is 0.590. The van der Waals surface area contributed by atoms with Crippen molar-refractivity contribution < 1.29 is 9.84 Å². The quantitative estimate of drug-likeness (QED) is 0.699. The molecule has 3 nitrogen and oxygen atoms in total. The Hall–Kier alpha value is -2.78. The number of aliphatic hydroxyl groups excluding tert-OH is 1. The predicted molar refractivity (Wildman–Crippen MR) is 93.2 cm³/mol. The monoisotopic (exact) mass is 305 g/mol. The van der Waals surface area contributed by atoms with Crippen LogP contribution in [-0.4, -0.2) is 11.7 Å². The van der Waals surface area contributed by atoms with Crippen LogP contribution in [0.2, 0.25) is 0 Å². The van der Waals surface area contributed by atoms with Gasteiger partial charge in [0.25, 0.3) is 0 Å². The third kappa shape index (κ3) is 3.71. The SMILES string of the molecule is Nc1ccccc1OCC(O)c1ccc(-c2ccccc2)cc1. The van der Waals surface area contributed by atoms with E-state index in [1.165, 1.54) is 0 Å². The Balaban J connectivity index is 1.66. The van der Waals surface area contributed by atoms with E-state index in [9.17, 15) is 5.11 Å². The van der Waals surface area contributed by atoms with Gasteiger partial charge in [-0.2, -0.15) is 0 Å². The van der Waals surface area contributed by atoms with Gasteiger partial charge in [-0.1, -0.05) is 66.7 Å². The number of aliphatic hydroxyl groups is 1. The number of ether oxygens (including phenoxy) is 1. The fraction of sp³-hybridized carbons (Fsp3) is 0.100. The van der Waals surface area contributed by atoms with E-state index in [4.69, 9.17) is 10.5 Å². The molecule has 0 amide bonds. The van der Waals surface area contributed by atoms with Crippen LogP contribution in [0.3, 0.4) is 0 Å². The van der Waals surface area contributed by atoms with Gasteiger partial charge in [0.15, 0.2) is 0 Å². The van der Waals surface area contributed by atoms with Crippen LogP contribution in [0.5, 0.6) is 5.75 Å². The molecule has 0 radical (unpaired) electrons. The van der Waals surface area contributed by atoms with Gasteiger partial charge in [0.1, 0.15) is 18.5 Å².